The van der Waals surface area contributed by atoms with E-state index in [2.05, 4.69) is 0 Å². The van der Waals surface area contributed by atoms with E-state index in [4.69, 9.17) is 9.47 Å². The van der Waals surface area contributed by atoms with Crippen LogP contribution in [0.5, 0.6) is 0 Å². The zero-order valence-electron chi connectivity index (χ0n) is 16.7. The summed E-state index contributed by atoms with van der Waals surface area (Å²) in [4.78, 5) is 24.4. The van der Waals surface area contributed by atoms with Crippen molar-refractivity contribution in [1.29, 1.82) is 0 Å². The number of benzene rings is 2. The molecule has 148 valence electrons. The van der Waals surface area contributed by atoms with Gasteiger partial charge in [-0.25, -0.2) is 4.79 Å². The van der Waals surface area contributed by atoms with Gasteiger partial charge in [0.25, 0.3) is 0 Å². The fourth-order valence-corrected chi connectivity index (χ4v) is 2.67. The lowest BCUT2D eigenvalue weighted by molar-refractivity contribution is -0.873. The van der Waals surface area contributed by atoms with E-state index in [1.165, 1.54) is 6.08 Å². The SMILES string of the molecule is C[N+](C)(C)C[C@@H](CC(=O)OCc1ccccc1)OC(=O)/C=C/c1ccccc1. The predicted octanol–water partition coefficient (Wildman–Crippen LogP) is 3.45. The molecule has 5 heteroatoms. The van der Waals surface area contributed by atoms with Crippen molar-refractivity contribution in [2.24, 2.45) is 0 Å². The molecule has 0 aliphatic rings. The number of esters is 2. The van der Waals surface area contributed by atoms with Crippen LogP contribution in [0.1, 0.15) is 17.5 Å². The Morgan fingerprint density at radius 1 is 0.964 bits per heavy atom. The topological polar surface area (TPSA) is 52.6 Å². The molecule has 0 amide bonds. The fourth-order valence-electron chi connectivity index (χ4n) is 2.67. The molecule has 0 aliphatic heterocycles. The van der Waals surface area contributed by atoms with Crippen molar-refractivity contribution in [3.8, 4) is 0 Å². The second kappa shape index (κ2) is 10.4. The highest BCUT2D eigenvalue weighted by atomic mass is 16.6. The molecule has 0 unspecified atom stereocenters. The summed E-state index contributed by atoms with van der Waals surface area (Å²) in [5.41, 5.74) is 1.83. The zero-order valence-corrected chi connectivity index (χ0v) is 16.7. The maximum absolute atomic E-state index is 12.2. The van der Waals surface area contributed by atoms with Crippen molar-refractivity contribution in [2.45, 2.75) is 19.1 Å². The smallest absolute Gasteiger partial charge is 0.331 e. The normalized spacial score (nSPS) is 12.5. The van der Waals surface area contributed by atoms with Gasteiger partial charge in [0.15, 0.2) is 6.10 Å². The fraction of sp³-hybridized carbons (Fsp3) is 0.304. The molecule has 0 heterocycles. The van der Waals surface area contributed by atoms with Gasteiger partial charge in [-0.05, 0) is 17.2 Å². The Kier molecular flexibility index (Phi) is 7.96. The van der Waals surface area contributed by atoms with Crippen LogP contribution >= 0.6 is 0 Å². The molecule has 0 saturated carbocycles. The summed E-state index contributed by atoms with van der Waals surface area (Å²) < 4.78 is 11.4. The molecule has 0 N–H and O–H groups in total. The van der Waals surface area contributed by atoms with E-state index in [1.54, 1.807) is 6.08 Å². The number of carbonyl (C=O) groups excluding carboxylic acids is 2. The van der Waals surface area contributed by atoms with Gasteiger partial charge in [0, 0.05) is 6.08 Å². The molecule has 0 saturated heterocycles. The maximum Gasteiger partial charge on any atom is 0.331 e. The Hall–Kier alpha value is -2.92. The monoisotopic (exact) mass is 382 g/mol. The molecule has 0 bridgehead atoms. The summed E-state index contributed by atoms with van der Waals surface area (Å²) in [5, 5.41) is 0. The van der Waals surface area contributed by atoms with Crippen LogP contribution in [0.25, 0.3) is 6.08 Å². The summed E-state index contributed by atoms with van der Waals surface area (Å²) in [6, 6.07) is 19.0. The van der Waals surface area contributed by atoms with Gasteiger partial charge in [-0.2, -0.15) is 0 Å². The minimum atomic E-state index is -0.559. The molecular formula is C23H28NO4+. The van der Waals surface area contributed by atoms with Gasteiger partial charge in [0.1, 0.15) is 13.2 Å². The standard InChI is InChI=1S/C23H28NO4/c1-24(2,3)17-21(16-23(26)27-18-20-12-8-5-9-13-20)28-22(25)15-14-19-10-6-4-7-11-19/h4-15,21H,16-18H2,1-3H3/q+1/b15-14+/t21-/m1/s1. The van der Waals surface area contributed by atoms with E-state index >= 15 is 0 Å². The van der Waals surface area contributed by atoms with Gasteiger partial charge in [-0.3, -0.25) is 4.79 Å². The number of quaternary nitrogens is 1. The van der Waals surface area contributed by atoms with Crippen molar-refractivity contribution < 1.29 is 23.5 Å². The van der Waals surface area contributed by atoms with E-state index in [9.17, 15) is 9.59 Å². The van der Waals surface area contributed by atoms with Gasteiger partial charge in [-0.1, -0.05) is 60.7 Å². The third kappa shape index (κ3) is 8.64. The first kappa shape index (κ1) is 21.4. The Labute approximate surface area is 166 Å². The molecule has 28 heavy (non-hydrogen) atoms. The Bertz CT molecular complexity index is 779. The molecule has 5 nitrogen and oxygen atoms in total. The molecular weight excluding hydrogens is 354 g/mol. The second-order valence-electron chi connectivity index (χ2n) is 7.63. The Morgan fingerprint density at radius 3 is 2.18 bits per heavy atom. The zero-order chi connectivity index (χ0) is 20.4. The average molecular weight is 382 g/mol. The van der Waals surface area contributed by atoms with E-state index in [1.807, 2.05) is 81.8 Å². The van der Waals surface area contributed by atoms with Crippen molar-refractivity contribution in [3.05, 3.63) is 77.9 Å². The highest BCUT2D eigenvalue weighted by Gasteiger charge is 2.25. The van der Waals surface area contributed by atoms with Crippen molar-refractivity contribution in [1.82, 2.24) is 0 Å². The first-order valence-corrected chi connectivity index (χ1v) is 9.25. The van der Waals surface area contributed by atoms with E-state index in [0.717, 1.165) is 11.1 Å². The number of carbonyl (C=O) groups is 2. The minimum Gasteiger partial charge on any atom is -0.461 e. The maximum atomic E-state index is 12.2. The first-order chi connectivity index (χ1) is 13.3. The molecule has 0 aromatic heterocycles. The lowest BCUT2D eigenvalue weighted by Crippen LogP contribution is -2.43. The van der Waals surface area contributed by atoms with Crippen molar-refractivity contribution >= 4 is 18.0 Å². The summed E-state index contributed by atoms with van der Waals surface area (Å²) >= 11 is 0. The van der Waals surface area contributed by atoms with Crippen LogP contribution in [0, 0.1) is 0 Å². The molecule has 2 aromatic rings. The number of nitrogens with zero attached hydrogens (tertiary/aromatic N) is 1. The quantitative estimate of drug-likeness (QED) is 0.379. The second-order valence-corrected chi connectivity index (χ2v) is 7.63. The summed E-state index contributed by atoms with van der Waals surface area (Å²) in [5.74, 6) is -0.861. The van der Waals surface area contributed by atoms with Gasteiger partial charge >= 0.3 is 11.9 Å². The van der Waals surface area contributed by atoms with Crippen LogP contribution in [-0.2, 0) is 25.7 Å². The van der Waals surface area contributed by atoms with E-state index in [0.29, 0.717) is 11.0 Å². The van der Waals surface area contributed by atoms with Gasteiger partial charge in [0.2, 0.25) is 0 Å². The Morgan fingerprint density at radius 2 is 1.57 bits per heavy atom. The van der Waals surface area contributed by atoms with Crippen LogP contribution in [0.2, 0.25) is 0 Å². The molecule has 0 spiro atoms. The van der Waals surface area contributed by atoms with Crippen LogP contribution in [0.15, 0.2) is 66.7 Å². The summed E-state index contributed by atoms with van der Waals surface area (Å²) in [6.07, 6.45) is 2.54. The number of rotatable bonds is 9. The lowest BCUT2D eigenvalue weighted by atomic mass is 10.2. The van der Waals surface area contributed by atoms with Crippen LogP contribution in [0.3, 0.4) is 0 Å². The highest BCUT2D eigenvalue weighted by Crippen LogP contribution is 2.10. The number of likely N-dealkylation sites (N-methyl/N-ethyl adjacent to an activating group) is 1. The minimum absolute atomic E-state index is 0.0211. The lowest BCUT2D eigenvalue weighted by Gasteiger charge is -2.28. The molecule has 2 rings (SSSR count). The molecule has 0 aliphatic carbocycles. The third-order valence-corrected chi connectivity index (χ3v) is 3.88. The van der Waals surface area contributed by atoms with Gasteiger partial charge in [0.05, 0.1) is 27.6 Å². The Balaban J connectivity index is 1.92. The van der Waals surface area contributed by atoms with Crippen LogP contribution in [0.4, 0.5) is 0 Å². The molecule has 2 aromatic carbocycles. The van der Waals surface area contributed by atoms with Gasteiger partial charge in [-0.15, -0.1) is 0 Å². The van der Waals surface area contributed by atoms with Crippen LogP contribution < -0.4 is 0 Å². The predicted molar refractivity (Wildman–Crippen MR) is 109 cm³/mol. The van der Waals surface area contributed by atoms with E-state index in [-0.39, 0.29) is 19.0 Å². The average Bonchev–Trinajstić information content (AvgIpc) is 2.65. The molecule has 1 atom stereocenters. The van der Waals surface area contributed by atoms with Crippen molar-refractivity contribution in [2.75, 3.05) is 27.7 Å². The molecule has 0 fully saturated rings. The molecule has 0 radical (unpaired) electrons. The number of hydrogen-bond acceptors (Lipinski definition) is 4. The third-order valence-electron chi connectivity index (χ3n) is 3.88. The number of ether oxygens (including phenoxy) is 2. The summed E-state index contributed by atoms with van der Waals surface area (Å²) in [6.45, 7) is 0.712. The van der Waals surface area contributed by atoms with Gasteiger partial charge < -0.3 is 14.0 Å². The van der Waals surface area contributed by atoms with E-state index < -0.39 is 12.1 Å². The van der Waals surface area contributed by atoms with Crippen molar-refractivity contribution in [3.63, 3.8) is 0 Å². The first-order valence-electron chi connectivity index (χ1n) is 9.25. The van der Waals surface area contributed by atoms with Crippen LogP contribution in [-0.4, -0.2) is 50.2 Å². The number of hydrogen-bond donors (Lipinski definition) is 0. The summed E-state index contributed by atoms with van der Waals surface area (Å²) in [7, 11) is 5.95. The largest absolute Gasteiger partial charge is 0.461 e. The highest BCUT2D eigenvalue weighted by molar-refractivity contribution is 5.87.